The number of piperidine rings is 1. The van der Waals surface area contributed by atoms with Gasteiger partial charge in [0.25, 0.3) is 0 Å². The third-order valence-corrected chi connectivity index (χ3v) is 5.15. The first kappa shape index (κ1) is 18.4. The minimum absolute atomic E-state index is 0.0452. The second-order valence-corrected chi connectivity index (χ2v) is 7.37. The van der Waals surface area contributed by atoms with E-state index < -0.39 is 0 Å². The maximum absolute atomic E-state index is 12.2. The number of likely N-dealkylation sites (tertiary alicyclic amines) is 1. The molecule has 23 heavy (non-hydrogen) atoms. The molecule has 0 aliphatic carbocycles. The highest BCUT2D eigenvalue weighted by atomic mass is 79.9. The van der Waals surface area contributed by atoms with E-state index in [4.69, 9.17) is 0 Å². The number of rotatable bonds is 7. The van der Waals surface area contributed by atoms with E-state index in [1.165, 1.54) is 19.3 Å². The van der Waals surface area contributed by atoms with Crippen molar-refractivity contribution < 1.29 is 4.79 Å². The quantitative estimate of drug-likeness (QED) is 0.762. The number of carbonyl (C=O) groups excluding carboxylic acids is 1. The molecule has 1 amide bonds. The molecule has 2 rings (SSSR count). The first-order valence-electron chi connectivity index (χ1n) is 8.50. The Morgan fingerprint density at radius 1 is 1.30 bits per heavy atom. The molecule has 2 N–H and O–H groups in total. The van der Waals surface area contributed by atoms with Crippen LogP contribution in [0.2, 0.25) is 0 Å². The van der Waals surface area contributed by atoms with Crippen LogP contribution in [0, 0.1) is 5.92 Å². The SMILES string of the molecule is CNCCC1CCN(CC(=O)NC(C)c2ccc(Br)cc2)CC1. The first-order valence-corrected chi connectivity index (χ1v) is 9.29. The lowest BCUT2D eigenvalue weighted by atomic mass is 9.93. The Morgan fingerprint density at radius 2 is 1.96 bits per heavy atom. The van der Waals surface area contributed by atoms with Crippen molar-refractivity contribution in [3.63, 3.8) is 0 Å². The minimum atomic E-state index is 0.0452. The Morgan fingerprint density at radius 3 is 2.57 bits per heavy atom. The standard InChI is InChI=1S/C18H28BrN3O/c1-14(16-3-5-17(19)6-4-16)21-18(23)13-22-11-8-15(9-12-22)7-10-20-2/h3-6,14-15,20H,7-13H2,1-2H3,(H,21,23). The monoisotopic (exact) mass is 381 g/mol. The number of carbonyl (C=O) groups is 1. The van der Waals surface area contributed by atoms with Crippen LogP contribution in [0.1, 0.15) is 37.8 Å². The van der Waals surface area contributed by atoms with Gasteiger partial charge in [0, 0.05) is 4.47 Å². The van der Waals surface area contributed by atoms with Crippen LogP contribution in [0.15, 0.2) is 28.7 Å². The fourth-order valence-corrected chi connectivity index (χ4v) is 3.37. The summed E-state index contributed by atoms with van der Waals surface area (Å²) >= 11 is 3.43. The van der Waals surface area contributed by atoms with Crippen molar-refractivity contribution in [2.24, 2.45) is 5.92 Å². The van der Waals surface area contributed by atoms with Gasteiger partial charge in [-0.05, 0) is 76.5 Å². The zero-order valence-electron chi connectivity index (χ0n) is 14.1. The molecule has 1 unspecified atom stereocenters. The number of nitrogens with one attached hydrogen (secondary N) is 2. The molecule has 1 aliphatic rings. The van der Waals surface area contributed by atoms with E-state index in [1.54, 1.807) is 0 Å². The molecule has 0 aromatic heterocycles. The van der Waals surface area contributed by atoms with Gasteiger partial charge in [-0.15, -0.1) is 0 Å². The third-order valence-electron chi connectivity index (χ3n) is 4.62. The van der Waals surface area contributed by atoms with E-state index in [2.05, 4.69) is 31.5 Å². The van der Waals surface area contributed by atoms with E-state index >= 15 is 0 Å². The summed E-state index contributed by atoms with van der Waals surface area (Å²) in [6.45, 7) is 5.71. The van der Waals surface area contributed by atoms with Crippen LogP contribution in [0.4, 0.5) is 0 Å². The Balaban J connectivity index is 1.72. The fourth-order valence-electron chi connectivity index (χ4n) is 3.11. The number of hydrogen-bond acceptors (Lipinski definition) is 3. The molecule has 0 radical (unpaired) electrons. The van der Waals surface area contributed by atoms with Gasteiger partial charge in [0.2, 0.25) is 5.91 Å². The highest BCUT2D eigenvalue weighted by Crippen LogP contribution is 2.20. The van der Waals surface area contributed by atoms with Gasteiger partial charge in [-0.25, -0.2) is 0 Å². The molecule has 1 atom stereocenters. The number of halogens is 1. The van der Waals surface area contributed by atoms with Crippen molar-refractivity contribution in [3.8, 4) is 0 Å². The minimum Gasteiger partial charge on any atom is -0.348 e. The summed E-state index contributed by atoms with van der Waals surface area (Å²) in [5.74, 6) is 0.928. The summed E-state index contributed by atoms with van der Waals surface area (Å²) in [7, 11) is 2.01. The molecule has 1 heterocycles. The lowest BCUT2D eigenvalue weighted by Gasteiger charge is -2.31. The number of hydrogen-bond donors (Lipinski definition) is 2. The van der Waals surface area contributed by atoms with Gasteiger partial charge in [-0.1, -0.05) is 28.1 Å². The summed E-state index contributed by atoms with van der Waals surface area (Å²) < 4.78 is 1.06. The largest absolute Gasteiger partial charge is 0.348 e. The van der Waals surface area contributed by atoms with Gasteiger partial charge in [0.15, 0.2) is 0 Å². The first-order chi connectivity index (χ1) is 11.1. The third kappa shape index (κ3) is 6.24. The van der Waals surface area contributed by atoms with Crippen LogP contribution < -0.4 is 10.6 Å². The maximum atomic E-state index is 12.2. The molecule has 0 spiro atoms. The fraction of sp³-hybridized carbons (Fsp3) is 0.611. The summed E-state index contributed by atoms with van der Waals surface area (Å²) in [5.41, 5.74) is 1.13. The number of benzene rings is 1. The van der Waals surface area contributed by atoms with Crippen molar-refractivity contribution in [2.75, 3.05) is 33.2 Å². The Hall–Kier alpha value is -0.910. The van der Waals surface area contributed by atoms with Crippen LogP contribution >= 0.6 is 15.9 Å². The van der Waals surface area contributed by atoms with Crippen LogP contribution in [-0.2, 0) is 4.79 Å². The molecule has 1 aromatic rings. The van der Waals surface area contributed by atoms with Gasteiger partial charge >= 0.3 is 0 Å². The Labute approximate surface area is 148 Å². The average Bonchev–Trinajstić information content (AvgIpc) is 2.54. The van der Waals surface area contributed by atoms with Crippen molar-refractivity contribution in [1.82, 2.24) is 15.5 Å². The number of nitrogens with zero attached hydrogens (tertiary/aromatic N) is 1. The molecule has 1 aromatic carbocycles. The normalized spacial score (nSPS) is 17.9. The topological polar surface area (TPSA) is 44.4 Å². The summed E-state index contributed by atoms with van der Waals surface area (Å²) in [5, 5.41) is 6.32. The van der Waals surface area contributed by atoms with Crippen LogP contribution in [0.5, 0.6) is 0 Å². The predicted octanol–water partition coefficient (Wildman–Crippen LogP) is 2.95. The summed E-state index contributed by atoms with van der Waals surface area (Å²) in [6, 6.07) is 8.15. The number of amides is 1. The van der Waals surface area contributed by atoms with Gasteiger partial charge in [0.1, 0.15) is 0 Å². The van der Waals surface area contributed by atoms with Crippen molar-refractivity contribution >= 4 is 21.8 Å². The molecule has 1 fully saturated rings. The van der Waals surface area contributed by atoms with Gasteiger partial charge in [-0.2, -0.15) is 0 Å². The van der Waals surface area contributed by atoms with Gasteiger partial charge < -0.3 is 10.6 Å². The zero-order chi connectivity index (χ0) is 16.7. The van der Waals surface area contributed by atoms with Gasteiger partial charge in [0.05, 0.1) is 12.6 Å². The zero-order valence-corrected chi connectivity index (χ0v) is 15.7. The molecule has 1 aliphatic heterocycles. The van der Waals surface area contributed by atoms with E-state index in [1.807, 2.05) is 38.2 Å². The highest BCUT2D eigenvalue weighted by Gasteiger charge is 2.21. The smallest absolute Gasteiger partial charge is 0.234 e. The summed E-state index contributed by atoms with van der Waals surface area (Å²) in [4.78, 5) is 14.5. The highest BCUT2D eigenvalue weighted by molar-refractivity contribution is 9.10. The lowest BCUT2D eigenvalue weighted by molar-refractivity contribution is -0.123. The summed E-state index contributed by atoms with van der Waals surface area (Å²) in [6.07, 6.45) is 3.66. The molecular weight excluding hydrogens is 354 g/mol. The molecule has 4 nitrogen and oxygen atoms in total. The van der Waals surface area contributed by atoms with E-state index in [0.29, 0.717) is 6.54 Å². The molecule has 0 saturated carbocycles. The van der Waals surface area contributed by atoms with E-state index in [-0.39, 0.29) is 11.9 Å². The molecule has 0 bridgehead atoms. The average molecular weight is 382 g/mol. The lowest BCUT2D eigenvalue weighted by Crippen LogP contribution is -2.42. The van der Waals surface area contributed by atoms with Crippen molar-refractivity contribution in [1.29, 1.82) is 0 Å². The van der Waals surface area contributed by atoms with Crippen molar-refractivity contribution in [3.05, 3.63) is 34.3 Å². The second-order valence-electron chi connectivity index (χ2n) is 6.45. The van der Waals surface area contributed by atoms with Gasteiger partial charge in [-0.3, -0.25) is 9.69 Å². The Kier molecular flexibility index (Phi) is 7.53. The van der Waals surface area contributed by atoms with Crippen LogP contribution in [0.25, 0.3) is 0 Å². The molecule has 128 valence electrons. The van der Waals surface area contributed by atoms with E-state index in [9.17, 15) is 4.79 Å². The predicted molar refractivity (Wildman–Crippen MR) is 98.4 cm³/mol. The molecular formula is C18H28BrN3O. The molecule has 5 heteroatoms. The van der Waals surface area contributed by atoms with E-state index in [0.717, 1.165) is 35.6 Å². The second kappa shape index (κ2) is 9.40. The van der Waals surface area contributed by atoms with Crippen molar-refractivity contribution in [2.45, 2.75) is 32.2 Å². The molecule has 1 saturated heterocycles. The van der Waals surface area contributed by atoms with Crippen LogP contribution in [0.3, 0.4) is 0 Å². The maximum Gasteiger partial charge on any atom is 0.234 e. The van der Waals surface area contributed by atoms with Crippen LogP contribution in [-0.4, -0.2) is 44.0 Å². The Bertz CT molecular complexity index is 484.